The number of anilines is 1. The summed E-state index contributed by atoms with van der Waals surface area (Å²) in [4.78, 5) is 12.4. The molecule has 0 radical (unpaired) electrons. The van der Waals surface area contributed by atoms with E-state index in [9.17, 15) is 4.79 Å². The number of nitrogens with one attached hydrogen (secondary N) is 1. The average Bonchev–Trinajstić information content (AvgIpc) is 3.10. The van der Waals surface area contributed by atoms with Gasteiger partial charge in [-0.05, 0) is 55.0 Å². The summed E-state index contributed by atoms with van der Waals surface area (Å²) in [7, 11) is 0. The van der Waals surface area contributed by atoms with Gasteiger partial charge in [0.15, 0.2) is 5.76 Å². The normalized spacial score (nSPS) is 10.7. The third-order valence-corrected chi connectivity index (χ3v) is 4.06. The molecule has 1 N–H and O–H groups in total. The minimum absolute atomic E-state index is 0.280. The molecule has 0 atom stereocenters. The lowest BCUT2D eigenvalue weighted by Crippen LogP contribution is -2.10. The molecule has 128 valence electrons. The largest absolute Gasteiger partial charge is 0.457 e. The van der Waals surface area contributed by atoms with Crippen molar-refractivity contribution in [3.05, 3.63) is 90.2 Å². The third-order valence-electron chi connectivity index (χ3n) is 4.06. The minimum atomic E-state index is -0.280. The molecule has 4 aromatic rings. The number of furan rings is 1. The second-order valence-corrected chi connectivity index (χ2v) is 6.00. The molecule has 0 aliphatic heterocycles. The number of carbonyl (C=O) groups excluding carboxylic acids is 1. The lowest BCUT2D eigenvalue weighted by molar-refractivity contribution is 0.0998. The zero-order valence-corrected chi connectivity index (χ0v) is 14.2. The smallest absolute Gasteiger partial charge is 0.291 e. The predicted molar refractivity (Wildman–Crippen MR) is 102 cm³/mol. The highest BCUT2D eigenvalue weighted by atomic mass is 16.5. The highest BCUT2D eigenvalue weighted by Gasteiger charge is 2.13. The van der Waals surface area contributed by atoms with Gasteiger partial charge >= 0.3 is 0 Å². The Morgan fingerprint density at radius 1 is 0.885 bits per heavy atom. The molecule has 4 nitrogen and oxygen atoms in total. The summed E-state index contributed by atoms with van der Waals surface area (Å²) in [6, 6.07) is 24.3. The van der Waals surface area contributed by atoms with E-state index in [1.54, 1.807) is 18.2 Å². The molecule has 1 aromatic heterocycles. The first kappa shape index (κ1) is 16.0. The number of para-hydroxylation sites is 2. The van der Waals surface area contributed by atoms with E-state index in [2.05, 4.69) is 5.32 Å². The molecule has 4 rings (SSSR count). The molecule has 1 amide bonds. The van der Waals surface area contributed by atoms with Gasteiger partial charge in [-0.15, -0.1) is 0 Å². The highest BCUT2D eigenvalue weighted by molar-refractivity contribution is 6.04. The number of carbonyl (C=O) groups is 1. The number of amides is 1. The molecular weight excluding hydrogens is 326 g/mol. The fourth-order valence-corrected chi connectivity index (χ4v) is 2.74. The number of ether oxygens (including phenoxy) is 1. The predicted octanol–water partition coefficient (Wildman–Crippen LogP) is 5.79. The van der Waals surface area contributed by atoms with Crippen molar-refractivity contribution in [2.45, 2.75) is 6.92 Å². The maximum atomic E-state index is 12.4. The molecule has 1 heterocycles. The Balaban J connectivity index is 1.47. The summed E-state index contributed by atoms with van der Waals surface area (Å²) in [6.45, 7) is 1.96. The summed E-state index contributed by atoms with van der Waals surface area (Å²) < 4.78 is 11.4. The van der Waals surface area contributed by atoms with Crippen LogP contribution in [0.2, 0.25) is 0 Å². The van der Waals surface area contributed by atoms with Gasteiger partial charge in [0, 0.05) is 11.1 Å². The topological polar surface area (TPSA) is 51.5 Å². The van der Waals surface area contributed by atoms with Crippen LogP contribution in [0.4, 0.5) is 5.69 Å². The van der Waals surface area contributed by atoms with E-state index < -0.39 is 0 Å². The second kappa shape index (κ2) is 6.76. The van der Waals surface area contributed by atoms with Crippen molar-refractivity contribution in [2.75, 3.05) is 5.32 Å². The van der Waals surface area contributed by atoms with Crippen LogP contribution in [-0.2, 0) is 0 Å². The second-order valence-electron chi connectivity index (χ2n) is 6.00. The lowest BCUT2D eigenvalue weighted by Gasteiger charge is -2.07. The Kier molecular flexibility index (Phi) is 4.15. The first-order valence-electron chi connectivity index (χ1n) is 8.32. The third kappa shape index (κ3) is 3.30. The van der Waals surface area contributed by atoms with Gasteiger partial charge in [0.2, 0.25) is 0 Å². The van der Waals surface area contributed by atoms with Crippen LogP contribution in [0.5, 0.6) is 11.5 Å². The van der Waals surface area contributed by atoms with Crippen molar-refractivity contribution in [1.29, 1.82) is 0 Å². The quantitative estimate of drug-likeness (QED) is 0.510. The molecule has 0 saturated heterocycles. The maximum absolute atomic E-state index is 12.4. The molecule has 26 heavy (non-hydrogen) atoms. The highest BCUT2D eigenvalue weighted by Crippen LogP contribution is 2.25. The van der Waals surface area contributed by atoms with Crippen LogP contribution in [0.25, 0.3) is 11.0 Å². The van der Waals surface area contributed by atoms with E-state index in [0.29, 0.717) is 17.2 Å². The molecule has 3 aromatic carbocycles. The van der Waals surface area contributed by atoms with Crippen molar-refractivity contribution in [2.24, 2.45) is 0 Å². The Hall–Kier alpha value is -3.53. The van der Waals surface area contributed by atoms with E-state index in [0.717, 1.165) is 22.3 Å². The van der Waals surface area contributed by atoms with Crippen molar-refractivity contribution >= 4 is 22.6 Å². The molecule has 0 aliphatic carbocycles. The van der Waals surface area contributed by atoms with E-state index in [4.69, 9.17) is 9.15 Å². The molecule has 4 heteroatoms. The summed E-state index contributed by atoms with van der Waals surface area (Å²) in [5.41, 5.74) is 2.42. The first-order valence-corrected chi connectivity index (χ1v) is 8.32. The van der Waals surface area contributed by atoms with Crippen molar-refractivity contribution in [3.8, 4) is 11.5 Å². The minimum Gasteiger partial charge on any atom is -0.457 e. The molecular formula is C22H17NO3. The maximum Gasteiger partial charge on any atom is 0.291 e. The van der Waals surface area contributed by atoms with Gasteiger partial charge in [0.05, 0.1) is 0 Å². The van der Waals surface area contributed by atoms with Gasteiger partial charge in [-0.25, -0.2) is 0 Å². The van der Waals surface area contributed by atoms with Crippen molar-refractivity contribution < 1.29 is 13.9 Å². The summed E-state index contributed by atoms with van der Waals surface area (Å²) in [6.07, 6.45) is 0. The van der Waals surface area contributed by atoms with Crippen molar-refractivity contribution in [1.82, 2.24) is 0 Å². The number of benzene rings is 3. The van der Waals surface area contributed by atoms with Gasteiger partial charge in [-0.2, -0.15) is 0 Å². The molecule has 0 spiro atoms. The van der Waals surface area contributed by atoms with Crippen LogP contribution < -0.4 is 10.1 Å². The van der Waals surface area contributed by atoms with E-state index in [1.807, 2.05) is 67.6 Å². The van der Waals surface area contributed by atoms with E-state index in [1.165, 1.54) is 0 Å². The van der Waals surface area contributed by atoms with Crippen LogP contribution in [0, 0.1) is 6.92 Å². The van der Waals surface area contributed by atoms with Gasteiger partial charge in [-0.3, -0.25) is 4.79 Å². The molecule has 0 saturated carbocycles. The van der Waals surface area contributed by atoms with Gasteiger partial charge in [0.1, 0.15) is 17.1 Å². The standard InChI is InChI=1S/C22H17NO3/c1-15-6-5-7-16-14-20(26-21(15)16)22(24)23-17-10-12-19(13-11-17)25-18-8-3-2-4-9-18/h2-14H,1H3,(H,23,24). The number of fused-ring (bicyclic) bond motifs is 1. The molecule has 0 fully saturated rings. The summed E-state index contributed by atoms with van der Waals surface area (Å²) in [5.74, 6) is 1.48. The first-order chi connectivity index (χ1) is 12.7. The summed E-state index contributed by atoms with van der Waals surface area (Å²) in [5, 5.41) is 3.76. The zero-order chi connectivity index (χ0) is 17.9. The van der Waals surface area contributed by atoms with Crippen LogP contribution in [0.3, 0.4) is 0 Å². The molecule has 0 aliphatic rings. The molecule has 0 unspecified atom stereocenters. The van der Waals surface area contributed by atoms with Crippen LogP contribution >= 0.6 is 0 Å². The number of hydrogen-bond donors (Lipinski definition) is 1. The van der Waals surface area contributed by atoms with E-state index >= 15 is 0 Å². The fraction of sp³-hybridized carbons (Fsp3) is 0.0455. The Labute approximate surface area is 151 Å². The van der Waals surface area contributed by atoms with Gasteiger partial charge < -0.3 is 14.5 Å². The van der Waals surface area contributed by atoms with Crippen LogP contribution in [0.15, 0.2) is 83.3 Å². The SMILES string of the molecule is Cc1cccc2cc(C(=O)Nc3ccc(Oc4ccccc4)cc3)oc12. The van der Waals surface area contributed by atoms with Gasteiger partial charge in [0.25, 0.3) is 5.91 Å². The zero-order valence-electron chi connectivity index (χ0n) is 14.2. The number of rotatable bonds is 4. The Morgan fingerprint density at radius 2 is 1.62 bits per heavy atom. The lowest BCUT2D eigenvalue weighted by atomic mass is 10.2. The summed E-state index contributed by atoms with van der Waals surface area (Å²) >= 11 is 0. The molecule has 0 bridgehead atoms. The fourth-order valence-electron chi connectivity index (χ4n) is 2.74. The number of aryl methyl sites for hydroxylation is 1. The van der Waals surface area contributed by atoms with Gasteiger partial charge in [-0.1, -0.05) is 36.4 Å². The Morgan fingerprint density at radius 3 is 2.35 bits per heavy atom. The number of hydrogen-bond acceptors (Lipinski definition) is 3. The monoisotopic (exact) mass is 343 g/mol. The van der Waals surface area contributed by atoms with Crippen molar-refractivity contribution in [3.63, 3.8) is 0 Å². The van der Waals surface area contributed by atoms with Crippen LogP contribution in [0.1, 0.15) is 16.1 Å². The average molecular weight is 343 g/mol. The Bertz CT molecular complexity index is 1050. The van der Waals surface area contributed by atoms with Crippen LogP contribution in [-0.4, -0.2) is 5.91 Å². The van der Waals surface area contributed by atoms with E-state index in [-0.39, 0.29) is 5.91 Å².